The van der Waals surface area contributed by atoms with Crippen molar-refractivity contribution in [3.05, 3.63) is 29.8 Å². The molecule has 6 heteroatoms. The van der Waals surface area contributed by atoms with Crippen LogP contribution in [0.25, 0.3) is 0 Å². The van der Waals surface area contributed by atoms with Gasteiger partial charge >= 0.3 is 6.03 Å². The van der Waals surface area contributed by atoms with Gasteiger partial charge in [-0.3, -0.25) is 4.21 Å². The van der Waals surface area contributed by atoms with Gasteiger partial charge < -0.3 is 16.4 Å². The van der Waals surface area contributed by atoms with Crippen LogP contribution in [0.15, 0.2) is 24.3 Å². The molecule has 0 radical (unpaired) electrons. The molecule has 0 bridgehead atoms. The molecule has 0 saturated carbocycles. The number of nitrogens with one attached hydrogen (secondary N) is 2. The van der Waals surface area contributed by atoms with Crippen LogP contribution in [0.1, 0.15) is 12.5 Å². The van der Waals surface area contributed by atoms with Gasteiger partial charge in [-0.2, -0.15) is 0 Å². The summed E-state index contributed by atoms with van der Waals surface area (Å²) in [4.78, 5) is 11.6. The van der Waals surface area contributed by atoms with E-state index in [2.05, 4.69) is 10.6 Å². The quantitative estimate of drug-likeness (QED) is 0.746. The normalized spacial score (nSPS) is 13.7. The lowest BCUT2D eigenvalue weighted by atomic mass is 10.2. The molecule has 0 spiro atoms. The van der Waals surface area contributed by atoms with Gasteiger partial charge in [-0.1, -0.05) is 12.1 Å². The number of urea groups is 1. The van der Waals surface area contributed by atoms with Crippen molar-refractivity contribution in [2.45, 2.75) is 19.5 Å². The van der Waals surface area contributed by atoms with Gasteiger partial charge in [-0.15, -0.1) is 0 Å². The highest BCUT2D eigenvalue weighted by atomic mass is 32.2. The van der Waals surface area contributed by atoms with Crippen LogP contribution in [-0.4, -0.2) is 28.3 Å². The van der Waals surface area contributed by atoms with E-state index in [1.807, 2.05) is 19.1 Å². The number of rotatable bonds is 5. The van der Waals surface area contributed by atoms with Crippen LogP contribution < -0.4 is 16.4 Å². The first-order valence-electron chi connectivity index (χ1n) is 5.68. The molecule has 2 atom stereocenters. The molecule has 0 aliphatic carbocycles. The molecule has 0 heterocycles. The molecule has 0 aromatic heterocycles. The topological polar surface area (TPSA) is 84.2 Å². The summed E-state index contributed by atoms with van der Waals surface area (Å²) in [7, 11) is -0.919. The van der Waals surface area contributed by atoms with E-state index in [9.17, 15) is 9.00 Å². The zero-order chi connectivity index (χ0) is 13.5. The lowest BCUT2D eigenvalue weighted by molar-refractivity contribution is 0.250. The van der Waals surface area contributed by atoms with Crippen LogP contribution in [0.2, 0.25) is 0 Å². The summed E-state index contributed by atoms with van der Waals surface area (Å²) in [6.45, 7) is 2.30. The van der Waals surface area contributed by atoms with Crippen molar-refractivity contribution < 1.29 is 9.00 Å². The molecule has 1 aromatic carbocycles. The number of benzene rings is 1. The summed E-state index contributed by atoms with van der Waals surface area (Å²) in [5.41, 5.74) is 7.20. The van der Waals surface area contributed by atoms with E-state index in [0.29, 0.717) is 18.0 Å². The van der Waals surface area contributed by atoms with Gasteiger partial charge in [0.1, 0.15) is 0 Å². The largest absolute Gasteiger partial charge is 0.334 e. The fraction of sp³-hybridized carbons (Fsp3) is 0.417. The van der Waals surface area contributed by atoms with Crippen LogP contribution in [0.4, 0.5) is 10.5 Å². The third-order valence-corrected chi connectivity index (χ3v) is 3.28. The van der Waals surface area contributed by atoms with Gasteiger partial charge in [-0.05, 0) is 24.6 Å². The predicted octanol–water partition coefficient (Wildman–Crippen LogP) is 1.03. The highest BCUT2D eigenvalue weighted by molar-refractivity contribution is 7.84. The minimum atomic E-state index is -0.919. The van der Waals surface area contributed by atoms with E-state index in [1.165, 1.54) is 0 Å². The minimum Gasteiger partial charge on any atom is -0.334 e. The Labute approximate surface area is 110 Å². The van der Waals surface area contributed by atoms with Crippen molar-refractivity contribution in [3.8, 4) is 0 Å². The zero-order valence-electron chi connectivity index (χ0n) is 10.6. The van der Waals surface area contributed by atoms with Crippen LogP contribution in [0, 0.1) is 0 Å². The van der Waals surface area contributed by atoms with Gasteiger partial charge in [0.15, 0.2) is 0 Å². The van der Waals surface area contributed by atoms with Gasteiger partial charge in [0.2, 0.25) is 0 Å². The Morgan fingerprint density at radius 2 is 2.00 bits per heavy atom. The van der Waals surface area contributed by atoms with Crippen LogP contribution in [0.5, 0.6) is 0 Å². The fourth-order valence-electron chi connectivity index (χ4n) is 1.51. The van der Waals surface area contributed by atoms with Crippen molar-refractivity contribution in [1.29, 1.82) is 0 Å². The summed E-state index contributed by atoms with van der Waals surface area (Å²) >= 11 is 0. The van der Waals surface area contributed by atoms with E-state index in [4.69, 9.17) is 5.73 Å². The molecule has 18 heavy (non-hydrogen) atoms. The second-order valence-electron chi connectivity index (χ2n) is 4.14. The summed E-state index contributed by atoms with van der Waals surface area (Å²) in [6, 6.07) is 6.89. The number of hydrogen-bond acceptors (Lipinski definition) is 3. The van der Waals surface area contributed by atoms with E-state index < -0.39 is 10.8 Å². The molecule has 2 amide bonds. The number of carbonyl (C=O) groups excluding carboxylic acids is 1. The molecule has 2 unspecified atom stereocenters. The van der Waals surface area contributed by atoms with Crippen molar-refractivity contribution in [2.24, 2.45) is 5.73 Å². The number of nitrogens with two attached hydrogens (primary N) is 1. The Morgan fingerprint density at radius 1 is 1.39 bits per heavy atom. The second kappa shape index (κ2) is 7.13. The van der Waals surface area contributed by atoms with E-state index in [1.54, 1.807) is 18.4 Å². The minimum absolute atomic E-state index is 0.126. The smallest absolute Gasteiger partial charge is 0.319 e. The predicted molar refractivity (Wildman–Crippen MR) is 74.9 cm³/mol. The Balaban J connectivity index is 2.46. The van der Waals surface area contributed by atoms with Crippen LogP contribution in [0.3, 0.4) is 0 Å². The summed E-state index contributed by atoms with van der Waals surface area (Å²) < 4.78 is 11.0. The van der Waals surface area contributed by atoms with Gasteiger partial charge in [-0.25, -0.2) is 4.79 Å². The van der Waals surface area contributed by atoms with Gasteiger partial charge in [0.25, 0.3) is 0 Å². The standard InChI is InChI=1S/C12H19N3O2S/c1-9(8-18(2)17)14-12(16)15-11-5-3-10(7-13)4-6-11/h3-6,9H,7-8,13H2,1-2H3,(H2,14,15,16). The first kappa shape index (κ1) is 14.7. The molecule has 100 valence electrons. The highest BCUT2D eigenvalue weighted by Crippen LogP contribution is 2.08. The Hall–Kier alpha value is -1.40. The first-order valence-corrected chi connectivity index (χ1v) is 7.40. The molecule has 0 aliphatic heterocycles. The van der Waals surface area contributed by atoms with Crippen molar-refractivity contribution in [3.63, 3.8) is 0 Å². The third kappa shape index (κ3) is 5.29. The van der Waals surface area contributed by atoms with Crippen molar-refractivity contribution >= 4 is 22.5 Å². The van der Waals surface area contributed by atoms with E-state index in [0.717, 1.165) is 5.56 Å². The summed E-state index contributed by atoms with van der Waals surface area (Å²) in [5, 5.41) is 5.43. The molecule has 4 N–H and O–H groups in total. The Morgan fingerprint density at radius 3 is 2.50 bits per heavy atom. The number of carbonyl (C=O) groups is 1. The molecule has 0 saturated heterocycles. The maximum absolute atomic E-state index is 11.6. The maximum atomic E-state index is 11.6. The lowest BCUT2D eigenvalue weighted by Gasteiger charge is -2.13. The Bertz CT molecular complexity index is 420. The van der Waals surface area contributed by atoms with Crippen molar-refractivity contribution in [1.82, 2.24) is 5.32 Å². The van der Waals surface area contributed by atoms with Gasteiger partial charge in [0, 0.05) is 41.1 Å². The molecular weight excluding hydrogens is 250 g/mol. The maximum Gasteiger partial charge on any atom is 0.319 e. The average Bonchev–Trinajstić information content (AvgIpc) is 2.28. The lowest BCUT2D eigenvalue weighted by Crippen LogP contribution is -2.39. The molecule has 0 fully saturated rings. The molecule has 5 nitrogen and oxygen atoms in total. The summed E-state index contributed by atoms with van der Waals surface area (Å²) in [5.74, 6) is 0.444. The van der Waals surface area contributed by atoms with Crippen LogP contribution in [-0.2, 0) is 17.3 Å². The zero-order valence-corrected chi connectivity index (χ0v) is 11.4. The number of hydrogen-bond donors (Lipinski definition) is 3. The van der Waals surface area contributed by atoms with Gasteiger partial charge in [0.05, 0.1) is 0 Å². The number of anilines is 1. The van der Waals surface area contributed by atoms with Crippen LogP contribution >= 0.6 is 0 Å². The molecule has 1 aromatic rings. The average molecular weight is 269 g/mol. The fourth-order valence-corrected chi connectivity index (χ4v) is 2.30. The number of amides is 2. The van der Waals surface area contributed by atoms with Crippen molar-refractivity contribution in [2.75, 3.05) is 17.3 Å². The molecule has 0 aliphatic rings. The summed E-state index contributed by atoms with van der Waals surface area (Å²) in [6.07, 6.45) is 1.61. The molecular formula is C12H19N3O2S. The third-order valence-electron chi connectivity index (χ3n) is 2.31. The second-order valence-corrected chi connectivity index (χ2v) is 5.62. The van der Waals surface area contributed by atoms with E-state index >= 15 is 0 Å². The van der Waals surface area contributed by atoms with E-state index in [-0.39, 0.29) is 12.1 Å². The molecule has 1 rings (SSSR count). The SMILES string of the molecule is CC(CS(C)=O)NC(=O)Nc1ccc(CN)cc1. The Kier molecular flexibility index (Phi) is 5.80. The highest BCUT2D eigenvalue weighted by Gasteiger charge is 2.08. The first-order chi connectivity index (χ1) is 8.51. The monoisotopic (exact) mass is 269 g/mol.